The predicted octanol–water partition coefficient (Wildman–Crippen LogP) is 3.73. The Balaban J connectivity index is 1.96. The van der Waals surface area contributed by atoms with E-state index in [1.54, 1.807) is 18.2 Å². The van der Waals surface area contributed by atoms with Crippen LogP contribution < -0.4 is 4.74 Å². The van der Waals surface area contributed by atoms with Crippen molar-refractivity contribution in [2.24, 2.45) is 0 Å². The molecule has 2 nitrogen and oxygen atoms in total. The molecule has 0 aromatic heterocycles. The first-order valence-electron chi connectivity index (χ1n) is 7.25. The number of hydrogen-bond acceptors (Lipinski definition) is 2. The Hall–Kier alpha value is -1.02. The van der Waals surface area contributed by atoms with E-state index in [9.17, 15) is 0 Å². The number of hydrogen-bond donors (Lipinski definition) is 0. The Morgan fingerprint density at radius 2 is 2.22 bits per heavy atom. The summed E-state index contributed by atoms with van der Waals surface area (Å²) >= 11 is 0. The molecule has 0 amide bonds. The van der Waals surface area contributed by atoms with Gasteiger partial charge in [0.25, 0.3) is 0 Å². The zero-order valence-electron chi connectivity index (χ0n) is 11.5. The fourth-order valence-corrected chi connectivity index (χ4v) is 3.73. The second-order valence-electron chi connectivity index (χ2n) is 5.62. The minimum atomic E-state index is 0.665. The van der Waals surface area contributed by atoms with Gasteiger partial charge in [-0.05, 0) is 68.0 Å². The molecule has 2 bridgehead atoms. The first-order chi connectivity index (χ1) is 8.83. The van der Waals surface area contributed by atoms with Crippen LogP contribution >= 0.6 is 0 Å². The van der Waals surface area contributed by atoms with Crippen LogP contribution in [0.4, 0.5) is 0 Å². The maximum atomic E-state index is 5.38. The van der Waals surface area contributed by atoms with Crippen molar-refractivity contribution in [2.45, 2.75) is 44.6 Å². The van der Waals surface area contributed by atoms with E-state index in [0.717, 1.165) is 11.7 Å². The van der Waals surface area contributed by atoms with Crippen LogP contribution in [0.5, 0.6) is 5.75 Å². The van der Waals surface area contributed by atoms with Gasteiger partial charge in [-0.2, -0.15) is 0 Å². The summed E-state index contributed by atoms with van der Waals surface area (Å²) in [4.78, 5) is 2.69. The molecule has 0 unspecified atom stereocenters. The van der Waals surface area contributed by atoms with E-state index in [0.29, 0.717) is 6.04 Å². The molecule has 0 radical (unpaired) electrons. The topological polar surface area (TPSA) is 12.5 Å². The van der Waals surface area contributed by atoms with Gasteiger partial charge in [-0.1, -0.05) is 13.0 Å². The van der Waals surface area contributed by atoms with Crippen molar-refractivity contribution < 1.29 is 4.74 Å². The van der Waals surface area contributed by atoms with Crippen molar-refractivity contribution in [3.05, 3.63) is 29.3 Å². The maximum Gasteiger partial charge on any atom is 0.119 e. The molecule has 2 aliphatic rings. The van der Waals surface area contributed by atoms with E-state index in [1.165, 1.54) is 38.8 Å². The number of methoxy groups -OCH3 is 1. The molecule has 1 heterocycles. The van der Waals surface area contributed by atoms with Crippen molar-refractivity contribution in [1.29, 1.82) is 0 Å². The van der Waals surface area contributed by atoms with E-state index in [4.69, 9.17) is 4.74 Å². The lowest BCUT2D eigenvalue weighted by Crippen LogP contribution is -2.28. The number of benzene rings is 1. The van der Waals surface area contributed by atoms with Crippen LogP contribution in [0.25, 0.3) is 0 Å². The highest BCUT2D eigenvalue weighted by Gasteiger charge is 2.36. The molecule has 1 aliphatic heterocycles. The predicted molar refractivity (Wildman–Crippen MR) is 74.2 cm³/mol. The third-order valence-electron chi connectivity index (χ3n) is 4.55. The molecule has 1 aromatic rings. The fourth-order valence-electron chi connectivity index (χ4n) is 3.73. The molecule has 0 spiro atoms. The molecular weight excluding hydrogens is 222 g/mol. The van der Waals surface area contributed by atoms with Gasteiger partial charge in [-0.25, -0.2) is 0 Å². The van der Waals surface area contributed by atoms with Crippen molar-refractivity contribution in [2.75, 3.05) is 20.2 Å². The third kappa shape index (κ3) is 1.93. The van der Waals surface area contributed by atoms with Crippen molar-refractivity contribution in [3.63, 3.8) is 0 Å². The summed E-state index contributed by atoms with van der Waals surface area (Å²) in [5.74, 6) is 1.78. The summed E-state index contributed by atoms with van der Waals surface area (Å²) in [5, 5.41) is 0. The minimum Gasteiger partial charge on any atom is -0.497 e. The van der Waals surface area contributed by atoms with Gasteiger partial charge in [0.1, 0.15) is 5.75 Å². The van der Waals surface area contributed by atoms with Gasteiger partial charge in [0.2, 0.25) is 0 Å². The van der Waals surface area contributed by atoms with Gasteiger partial charge >= 0.3 is 0 Å². The van der Waals surface area contributed by atoms with Crippen molar-refractivity contribution in [1.82, 2.24) is 4.90 Å². The van der Waals surface area contributed by atoms with Gasteiger partial charge in [-0.3, -0.25) is 4.90 Å². The van der Waals surface area contributed by atoms with Gasteiger partial charge in [0.15, 0.2) is 0 Å². The Kier molecular flexibility index (Phi) is 3.29. The third-order valence-corrected chi connectivity index (χ3v) is 4.55. The Bertz CT molecular complexity index is 429. The summed E-state index contributed by atoms with van der Waals surface area (Å²) in [6.45, 7) is 4.80. The van der Waals surface area contributed by atoms with E-state index >= 15 is 0 Å². The zero-order chi connectivity index (χ0) is 12.5. The van der Waals surface area contributed by atoms with Gasteiger partial charge in [-0.15, -0.1) is 0 Å². The van der Waals surface area contributed by atoms with E-state index in [1.807, 2.05) is 0 Å². The Morgan fingerprint density at radius 1 is 1.33 bits per heavy atom. The average molecular weight is 245 g/mol. The van der Waals surface area contributed by atoms with Crippen LogP contribution in [0.1, 0.15) is 55.7 Å². The molecular formula is C16H23NO. The number of fused-ring (bicyclic) bond motifs is 5. The molecule has 1 saturated heterocycles. The molecule has 1 fully saturated rings. The average Bonchev–Trinajstić information content (AvgIpc) is 2.61. The molecule has 18 heavy (non-hydrogen) atoms. The summed E-state index contributed by atoms with van der Waals surface area (Å²) in [6.07, 6.45) is 5.27. The molecule has 2 atom stereocenters. The van der Waals surface area contributed by atoms with Crippen LogP contribution in [0, 0.1) is 0 Å². The second-order valence-corrected chi connectivity index (χ2v) is 5.62. The van der Waals surface area contributed by atoms with Crippen LogP contribution in [0.15, 0.2) is 18.2 Å². The Labute approximate surface area is 110 Å². The summed E-state index contributed by atoms with van der Waals surface area (Å²) in [7, 11) is 1.76. The van der Waals surface area contributed by atoms with E-state index in [-0.39, 0.29) is 0 Å². The van der Waals surface area contributed by atoms with Gasteiger partial charge < -0.3 is 4.74 Å². The second kappa shape index (κ2) is 4.93. The highest BCUT2D eigenvalue weighted by atomic mass is 16.5. The fraction of sp³-hybridized carbons (Fsp3) is 0.625. The monoisotopic (exact) mass is 245 g/mol. The number of ether oxygens (including phenoxy) is 1. The summed E-state index contributed by atoms with van der Waals surface area (Å²) in [5.41, 5.74) is 3.12. The highest BCUT2D eigenvalue weighted by molar-refractivity contribution is 5.43. The standard InChI is InChI=1S/C16H23NO/c1-3-8-17-9-4-5-12-10-16(17)14-7-6-13(18-2)11-15(12)14/h6-7,11-12,16H,3-5,8-10H2,1-2H3/t12-,16-/m0/s1. The lowest BCUT2D eigenvalue weighted by atomic mass is 9.96. The van der Waals surface area contributed by atoms with Crippen LogP contribution in [0.3, 0.4) is 0 Å². The minimum absolute atomic E-state index is 0.665. The normalized spacial score (nSPS) is 26.8. The van der Waals surface area contributed by atoms with Gasteiger partial charge in [0.05, 0.1) is 7.11 Å². The molecule has 2 heteroatoms. The molecule has 0 saturated carbocycles. The SMILES string of the molecule is CCCN1CCC[C@H]2C[C@H]1c1ccc(OC)cc12. The smallest absolute Gasteiger partial charge is 0.119 e. The van der Waals surface area contributed by atoms with Crippen LogP contribution in [-0.4, -0.2) is 25.1 Å². The molecule has 98 valence electrons. The maximum absolute atomic E-state index is 5.38. The lowest BCUT2D eigenvalue weighted by molar-refractivity contribution is 0.207. The largest absolute Gasteiger partial charge is 0.497 e. The van der Waals surface area contributed by atoms with Crippen molar-refractivity contribution in [3.8, 4) is 5.75 Å². The quantitative estimate of drug-likeness (QED) is 0.804. The van der Waals surface area contributed by atoms with Crippen LogP contribution in [0.2, 0.25) is 0 Å². The highest BCUT2D eigenvalue weighted by Crippen LogP contribution is 2.48. The summed E-state index contributed by atoms with van der Waals surface area (Å²) in [6, 6.07) is 7.36. The van der Waals surface area contributed by atoms with E-state index < -0.39 is 0 Å². The molecule has 1 aromatic carbocycles. The molecule has 1 aliphatic carbocycles. The molecule has 0 N–H and O–H groups in total. The first-order valence-corrected chi connectivity index (χ1v) is 7.25. The number of likely N-dealkylation sites (tertiary alicyclic amines) is 1. The van der Waals surface area contributed by atoms with E-state index in [2.05, 4.69) is 30.0 Å². The van der Waals surface area contributed by atoms with Gasteiger partial charge in [0, 0.05) is 6.04 Å². The lowest BCUT2D eigenvalue weighted by Gasteiger charge is -2.28. The van der Waals surface area contributed by atoms with Crippen LogP contribution in [-0.2, 0) is 0 Å². The zero-order valence-corrected chi connectivity index (χ0v) is 11.5. The first kappa shape index (κ1) is 12.0. The van der Waals surface area contributed by atoms with Crippen molar-refractivity contribution >= 4 is 0 Å². The Morgan fingerprint density at radius 3 is 3.00 bits per heavy atom. The molecule has 3 rings (SSSR count). The summed E-state index contributed by atoms with van der Waals surface area (Å²) < 4.78 is 5.38. The number of nitrogens with zero attached hydrogens (tertiary/aromatic N) is 1. The number of rotatable bonds is 3.